The molecule has 0 fully saturated rings. The second-order valence-corrected chi connectivity index (χ2v) is 6.24. The molecule has 1 aromatic rings. The zero-order valence-corrected chi connectivity index (χ0v) is 12.4. The van der Waals surface area contributed by atoms with Crippen molar-refractivity contribution in [1.29, 1.82) is 0 Å². The lowest BCUT2D eigenvalue weighted by Crippen LogP contribution is -2.35. The molecular weight excluding hydrogens is 309 g/mol. The molecule has 0 aliphatic carbocycles. The maximum absolute atomic E-state index is 12.3. The van der Waals surface area contributed by atoms with E-state index in [1.807, 2.05) is 13.8 Å². The minimum atomic E-state index is -4.95. The zero-order chi connectivity index (χ0) is 16.1. The van der Waals surface area contributed by atoms with Crippen LogP contribution in [0.5, 0.6) is 5.75 Å². The van der Waals surface area contributed by atoms with E-state index in [1.54, 1.807) is 0 Å². The maximum atomic E-state index is 12.3. The number of para-hydroxylation sites is 1. The minimum absolute atomic E-state index is 0.0564. The van der Waals surface area contributed by atoms with Gasteiger partial charge >= 0.3 is 6.36 Å². The summed E-state index contributed by atoms with van der Waals surface area (Å²) in [5, 5.41) is 2.98. The third-order valence-corrected chi connectivity index (χ3v) is 3.83. The van der Waals surface area contributed by atoms with Gasteiger partial charge in [-0.2, -0.15) is 0 Å². The van der Waals surface area contributed by atoms with Crippen LogP contribution in [0.3, 0.4) is 0 Å². The summed E-state index contributed by atoms with van der Waals surface area (Å²) in [4.78, 5) is -0.549. The van der Waals surface area contributed by atoms with Crippen molar-refractivity contribution in [2.75, 3.05) is 13.1 Å². The van der Waals surface area contributed by atoms with Crippen molar-refractivity contribution in [3.63, 3.8) is 0 Å². The maximum Gasteiger partial charge on any atom is 0.573 e. The van der Waals surface area contributed by atoms with Gasteiger partial charge in [0.2, 0.25) is 10.0 Å². The highest BCUT2D eigenvalue weighted by Crippen LogP contribution is 2.28. The van der Waals surface area contributed by atoms with Crippen molar-refractivity contribution in [1.82, 2.24) is 10.0 Å². The Morgan fingerprint density at radius 3 is 2.38 bits per heavy atom. The first-order valence-electron chi connectivity index (χ1n) is 6.19. The predicted molar refractivity (Wildman–Crippen MR) is 71.5 cm³/mol. The van der Waals surface area contributed by atoms with Crippen molar-refractivity contribution in [3.8, 4) is 5.75 Å². The van der Waals surface area contributed by atoms with E-state index >= 15 is 0 Å². The molecule has 0 atom stereocenters. The standard InChI is InChI=1S/C12H17F3N2O3S/c1-9(2)16-7-8-17-21(18,19)11-6-4-3-5-10(11)20-12(13,14)15/h3-6,9,16-17H,7-8H2,1-2H3. The minimum Gasteiger partial charge on any atom is -0.404 e. The lowest BCUT2D eigenvalue weighted by atomic mass is 10.3. The fourth-order valence-electron chi connectivity index (χ4n) is 1.51. The van der Waals surface area contributed by atoms with E-state index in [1.165, 1.54) is 12.1 Å². The number of rotatable bonds is 7. The molecule has 0 bridgehead atoms. The Morgan fingerprint density at radius 2 is 1.81 bits per heavy atom. The van der Waals surface area contributed by atoms with E-state index in [4.69, 9.17) is 0 Å². The molecule has 0 saturated heterocycles. The Hall–Kier alpha value is -1.32. The fourth-order valence-corrected chi connectivity index (χ4v) is 2.66. The number of ether oxygens (including phenoxy) is 1. The first-order valence-corrected chi connectivity index (χ1v) is 7.68. The summed E-state index contributed by atoms with van der Waals surface area (Å²) in [6, 6.07) is 4.77. The molecule has 0 aliphatic rings. The number of nitrogens with one attached hydrogen (secondary N) is 2. The molecule has 21 heavy (non-hydrogen) atoms. The van der Waals surface area contributed by atoms with Crippen LogP contribution in [0.4, 0.5) is 13.2 Å². The Kier molecular flexibility index (Phi) is 5.99. The first-order chi connectivity index (χ1) is 9.62. The monoisotopic (exact) mass is 326 g/mol. The van der Waals surface area contributed by atoms with E-state index in [2.05, 4.69) is 14.8 Å². The van der Waals surface area contributed by atoms with Crippen LogP contribution in [0, 0.1) is 0 Å². The topological polar surface area (TPSA) is 67.4 Å². The average Bonchev–Trinajstić information content (AvgIpc) is 2.33. The largest absolute Gasteiger partial charge is 0.573 e. The molecule has 0 saturated carbocycles. The van der Waals surface area contributed by atoms with E-state index < -0.39 is 27.0 Å². The molecule has 9 heteroatoms. The van der Waals surface area contributed by atoms with Gasteiger partial charge in [0, 0.05) is 19.1 Å². The van der Waals surface area contributed by atoms with Gasteiger partial charge in [0.1, 0.15) is 10.6 Å². The molecule has 0 unspecified atom stereocenters. The molecule has 0 spiro atoms. The Labute approximate surface area is 121 Å². The molecule has 0 heterocycles. The highest BCUT2D eigenvalue weighted by molar-refractivity contribution is 7.89. The summed E-state index contributed by atoms with van der Waals surface area (Å²) in [5.41, 5.74) is 0. The molecule has 0 amide bonds. The summed E-state index contributed by atoms with van der Waals surface area (Å²) in [6.45, 7) is 4.20. The Balaban J connectivity index is 2.83. The molecular formula is C12H17F3N2O3S. The summed E-state index contributed by atoms with van der Waals surface area (Å²) >= 11 is 0. The second-order valence-electron chi connectivity index (χ2n) is 4.50. The number of sulfonamides is 1. The molecule has 1 rings (SSSR count). The molecule has 2 N–H and O–H groups in total. The normalized spacial score (nSPS) is 12.7. The van der Waals surface area contributed by atoms with Crippen molar-refractivity contribution in [2.45, 2.75) is 31.1 Å². The lowest BCUT2D eigenvalue weighted by molar-refractivity contribution is -0.275. The number of halogens is 3. The molecule has 0 aliphatic heterocycles. The van der Waals surface area contributed by atoms with Gasteiger partial charge in [-0.05, 0) is 12.1 Å². The molecule has 0 aromatic heterocycles. The highest BCUT2D eigenvalue weighted by Gasteiger charge is 2.33. The van der Waals surface area contributed by atoms with Crippen LogP contribution in [0.25, 0.3) is 0 Å². The van der Waals surface area contributed by atoms with Crippen LogP contribution in [-0.2, 0) is 10.0 Å². The van der Waals surface area contributed by atoms with Crippen LogP contribution >= 0.6 is 0 Å². The number of hydrogen-bond donors (Lipinski definition) is 2. The third-order valence-electron chi connectivity index (χ3n) is 2.33. The third kappa shape index (κ3) is 6.32. The van der Waals surface area contributed by atoms with Crippen molar-refractivity contribution >= 4 is 10.0 Å². The molecule has 120 valence electrons. The molecule has 5 nitrogen and oxygen atoms in total. The second kappa shape index (κ2) is 7.10. The van der Waals surface area contributed by atoms with Gasteiger partial charge in [-0.25, -0.2) is 13.1 Å². The van der Waals surface area contributed by atoms with Gasteiger partial charge in [-0.1, -0.05) is 26.0 Å². The van der Waals surface area contributed by atoms with Crippen molar-refractivity contribution in [3.05, 3.63) is 24.3 Å². The van der Waals surface area contributed by atoms with Crippen LogP contribution < -0.4 is 14.8 Å². The fraction of sp³-hybridized carbons (Fsp3) is 0.500. The SMILES string of the molecule is CC(C)NCCNS(=O)(=O)c1ccccc1OC(F)(F)F. The smallest absolute Gasteiger partial charge is 0.404 e. The van der Waals surface area contributed by atoms with Gasteiger partial charge < -0.3 is 10.1 Å². The average molecular weight is 326 g/mol. The first kappa shape index (κ1) is 17.7. The number of alkyl halides is 3. The Morgan fingerprint density at radius 1 is 1.19 bits per heavy atom. The van der Waals surface area contributed by atoms with Crippen LogP contribution in [0.2, 0.25) is 0 Å². The number of hydrogen-bond acceptors (Lipinski definition) is 4. The quantitative estimate of drug-likeness (QED) is 0.751. The number of benzene rings is 1. The van der Waals surface area contributed by atoms with E-state index in [0.29, 0.717) is 6.54 Å². The zero-order valence-electron chi connectivity index (χ0n) is 11.6. The van der Waals surface area contributed by atoms with E-state index in [0.717, 1.165) is 12.1 Å². The van der Waals surface area contributed by atoms with Crippen LogP contribution in [0.1, 0.15) is 13.8 Å². The van der Waals surface area contributed by atoms with Crippen molar-refractivity contribution < 1.29 is 26.3 Å². The summed E-state index contributed by atoms with van der Waals surface area (Å²) < 4.78 is 66.7. The summed E-state index contributed by atoms with van der Waals surface area (Å²) in [6.07, 6.45) is -4.95. The van der Waals surface area contributed by atoms with Gasteiger partial charge in [0.05, 0.1) is 0 Å². The Bertz CT molecular complexity index is 559. The van der Waals surface area contributed by atoms with Crippen molar-refractivity contribution in [2.24, 2.45) is 0 Å². The van der Waals surface area contributed by atoms with Crippen LogP contribution in [0.15, 0.2) is 29.2 Å². The van der Waals surface area contributed by atoms with Gasteiger partial charge in [0.15, 0.2) is 0 Å². The summed E-state index contributed by atoms with van der Waals surface area (Å²) in [5.74, 6) is -0.755. The highest BCUT2D eigenvalue weighted by atomic mass is 32.2. The predicted octanol–water partition coefficient (Wildman–Crippen LogP) is 1.86. The lowest BCUT2D eigenvalue weighted by Gasteiger charge is -2.14. The molecule has 1 aromatic carbocycles. The molecule has 0 radical (unpaired) electrons. The van der Waals surface area contributed by atoms with Gasteiger partial charge in [-0.15, -0.1) is 13.2 Å². The van der Waals surface area contributed by atoms with E-state index in [-0.39, 0.29) is 12.6 Å². The van der Waals surface area contributed by atoms with Gasteiger partial charge in [0.25, 0.3) is 0 Å². The van der Waals surface area contributed by atoms with E-state index in [9.17, 15) is 21.6 Å². The summed E-state index contributed by atoms with van der Waals surface area (Å²) in [7, 11) is -4.08. The van der Waals surface area contributed by atoms with Gasteiger partial charge in [-0.3, -0.25) is 0 Å². The van der Waals surface area contributed by atoms with Crippen LogP contribution in [-0.4, -0.2) is 33.9 Å².